The second kappa shape index (κ2) is 5.30. The number of carbonyl (C=O) groups excluding carboxylic acids is 1. The van der Waals surface area contributed by atoms with Gasteiger partial charge in [0.2, 0.25) is 5.95 Å². The predicted molar refractivity (Wildman–Crippen MR) is 75.2 cm³/mol. The van der Waals surface area contributed by atoms with Crippen LogP contribution in [0, 0.1) is 0 Å². The number of nitrogens with zero attached hydrogens (tertiary/aromatic N) is 2. The Labute approximate surface area is 112 Å². The van der Waals surface area contributed by atoms with Crippen molar-refractivity contribution in [2.75, 3.05) is 12.4 Å². The van der Waals surface area contributed by atoms with Crippen LogP contribution in [0.1, 0.15) is 26.8 Å². The van der Waals surface area contributed by atoms with Crippen molar-refractivity contribution in [3.05, 3.63) is 24.3 Å². The number of ether oxygens (including phenoxy) is 1. The van der Waals surface area contributed by atoms with Gasteiger partial charge in [0.25, 0.3) is 0 Å². The molecule has 0 saturated carbocycles. The number of anilines is 1. The van der Waals surface area contributed by atoms with Gasteiger partial charge in [-0.1, -0.05) is 12.1 Å². The number of imidazole rings is 1. The van der Waals surface area contributed by atoms with E-state index >= 15 is 0 Å². The van der Waals surface area contributed by atoms with Crippen LogP contribution in [0.4, 0.5) is 5.95 Å². The van der Waals surface area contributed by atoms with E-state index in [0.717, 1.165) is 11.0 Å². The van der Waals surface area contributed by atoms with E-state index in [4.69, 9.17) is 4.74 Å². The zero-order chi connectivity index (χ0) is 14.0. The van der Waals surface area contributed by atoms with Crippen LogP contribution in [-0.4, -0.2) is 28.7 Å². The summed E-state index contributed by atoms with van der Waals surface area (Å²) in [6.45, 7) is 5.50. The van der Waals surface area contributed by atoms with Crippen LogP contribution in [0.25, 0.3) is 11.0 Å². The summed E-state index contributed by atoms with van der Waals surface area (Å²) in [5.74, 6) is 0.407. The lowest BCUT2D eigenvalue weighted by Gasteiger charge is -2.17. The number of nitrogens with one attached hydrogen (secondary N) is 1. The monoisotopic (exact) mass is 261 g/mol. The van der Waals surface area contributed by atoms with Gasteiger partial charge < -0.3 is 10.1 Å². The minimum Gasteiger partial charge on any atom is -0.461 e. The van der Waals surface area contributed by atoms with Gasteiger partial charge in [-0.25, -0.2) is 9.78 Å². The molecule has 1 atom stereocenters. The number of benzene rings is 1. The van der Waals surface area contributed by atoms with Crippen molar-refractivity contribution in [3.8, 4) is 0 Å². The van der Waals surface area contributed by atoms with Crippen LogP contribution in [0.15, 0.2) is 24.3 Å². The van der Waals surface area contributed by atoms with Crippen molar-refractivity contribution in [1.29, 1.82) is 0 Å². The lowest BCUT2D eigenvalue weighted by atomic mass is 10.2. The SMILES string of the molecule is CNc1nc2ccccc2n1C(C)C(=O)OC(C)C. The van der Waals surface area contributed by atoms with E-state index in [0.29, 0.717) is 5.95 Å². The Balaban J connectivity index is 2.45. The fourth-order valence-corrected chi connectivity index (χ4v) is 2.05. The minimum atomic E-state index is -0.419. The predicted octanol–water partition coefficient (Wildman–Crippen LogP) is 2.59. The molecule has 0 fully saturated rings. The Bertz CT molecular complexity index is 589. The maximum Gasteiger partial charge on any atom is 0.329 e. The minimum absolute atomic E-state index is 0.122. The van der Waals surface area contributed by atoms with Crippen LogP contribution in [-0.2, 0) is 9.53 Å². The second-order valence-corrected chi connectivity index (χ2v) is 4.71. The highest BCUT2D eigenvalue weighted by Crippen LogP contribution is 2.25. The van der Waals surface area contributed by atoms with E-state index in [2.05, 4.69) is 10.3 Å². The smallest absolute Gasteiger partial charge is 0.329 e. The molecule has 0 bridgehead atoms. The molecular weight excluding hydrogens is 242 g/mol. The summed E-state index contributed by atoms with van der Waals surface area (Å²) in [5.41, 5.74) is 1.77. The Hall–Kier alpha value is -2.04. The van der Waals surface area contributed by atoms with Gasteiger partial charge in [0.15, 0.2) is 0 Å². The van der Waals surface area contributed by atoms with E-state index < -0.39 is 6.04 Å². The molecule has 1 unspecified atom stereocenters. The van der Waals surface area contributed by atoms with Gasteiger partial charge in [-0.05, 0) is 32.9 Å². The molecule has 0 saturated heterocycles. The Morgan fingerprint density at radius 3 is 2.63 bits per heavy atom. The summed E-state index contributed by atoms with van der Waals surface area (Å²) in [6, 6.07) is 7.31. The number of fused-ring (bicyclic) bond motifs is 1. The van der Waals surface area contributed by atoms with Crippen LogP contribution >= 0.6 is 0 Å². The van der Waals surface area contributed by atoms with E-state index in [1.54, 1.807) is 7.05 Å². The molecule has 1 heterocycles. The summed E-state index contributed by atoms with van der Waals surface area (Å²) in [6.07, 6.45) is -0.122. The van der Waals surface area contributed by atoms with Crippen LogP contribution in [0.2, 0.25) is 0 Å². The molecule has 5 nitrogen and oxygen atoms in total. The van der Waals surface area contributed by atoms with Gasteiger partial charge in [0.05, 0.1) is 17.1 Å². The number of carbonyl (C=O) groups is 1. The van der Waals surface area contributed by atoms with E-state index in [9.17, 15) is 4.79 Å². The summed E-state index contributed by atoms with van der Waals surface area (Å²) < 4.78 is 7.13. The molecular formula is C14H19N3O2. The number of esters is 1. The van der Waals surface area contributed by atoms with Crippen molar-refractivity contribution in [3.63, 3.8) is 0 Å². The number of rotatable bonds is 4. The third-order valence-corrected chi connectivity index (χ3v) is 2.90. The van der Waals surface area contributed by atoms with Crippen molar-refractivity contribution in [1.82, 2.24) is 9.55 Å². The zero-order valence-electron chi connectivity index (χ0n) is 11.7. The largest absolute Gasteiger partial charge is 0.461 e. The fourth-order valence-electron chi connectivity index (χ4n) is 2.05. The maximum absolute atomic E-state index is 12.1. The highest BCUT2D eigenvalue weighted by molar-refractivity contribution is 5.83. The van der Waals surface area contributed by atoms with Crippen LogP contribution < -0.4 is 5.32 Å². The summed E-state index contributed by atoms with van der Waals surface area (Å²) in [4.78, 5) is 16.5. The van der Waals surface area contributed by atoms with Gasteiger partial charge in [-0.3, -0.25) is 4.57 Å². The van der Waals surface area contributed by atoms with Gasteiger partial charge in [-0.15, -0.1) is 0 Å². The van der Waals surface area contributed by atoms with Gasteiger partial charge in [-0.2, -0.15) is 0 Å². The molecule has 2 aromatic rings. The molecule has 102 valence electrons. The zero-order valence-corrected chi connectivity index (χ0v) is 11.7. The van der Waals surface area contributed by atoms with E-state index in [1.165, 1.54) is 0 Å². The van der Waals surface area contributed by atoms with Crippen LogP contribution in [0.3, 0.4) is 0 Å². The highest BCUT2D eigenvalue weighted by Gasteiger charge is 2.22. The standard InChI is InChI=1S/C14H19N3O2/c1-9(2)19-13(18)10(3)17-12-8-6-5-7-11(12)16-14(17)15-4/h5-10H,1-4H3,(H,15,16). The van der Waals surface area contributed by atoms with Gasteiger partial charge >= 0.3 is 5.97 Å². The van der Waals surface area contributed by atoms with Crippen molar-refractivity contribution in [2.24, 2.45) is 0 Å². The van der Waals surface area contributed by atoms with Crippen molar-refractivity contribution >= 4 is 23.0 Å². The van der Waals surface area contributed by atoms with E-state index in [1.807, 2.05) is 49.6 Å². The molecule has 1 N–H and O–H groups in total. The van der Waals surface area contributed by atoms with Gasteiger partial charge in [0, 0.05) is 7.05 Å². The molecule has 1 aromatic carbocycles. The normalized spacial score (nSPS) is 12.7. The third-order valence-electron chi connectivity index (χ3n) is 2.90. The molecule has 0 aliphatic carbocycles. The molecule has 2 rings (SSSR count). The Morgan fingerprint density at radius 1 is 1.32 bits per heavy atom. The number of hydrogen-bond donors (Lipinski definition) is 1. The van der Waals surface area contributed by atoms with Crippen molar-refractivity contribution < 1.29 is 9.53 Å². The second-order valence-electron chi connectivity index (χ2n) is 4.71. The molecule has 5 heteroatoms. The molecule has 0 spiro atoms. The third kappa shape index (κ3) is 2.54. The molecule has 0 aliphatic rings. The average molecular weight is 261 g/mol. The number of hydrogen-bond acceptors (Lipinski definition) is 4. The lowest BCUT2D eigenvalue weighted by Crippen LogP contribution is -2.23. The highest BCUT2D eigenvalue weighted by atomic mass is 16.5. The quantitative estimate of drug-likeness (QED) is 0.859. The van der Waals surface area contributed by atoms with Crippen LogP contribution in [0.5, 0.6) is 0 Å². The Kier molecular flexibility index (Phi) is 3.74. The van der Waals surface area contributed by atoms with Crippen molar-refractivity contribution in [2.45, 2.75) is 32.9 Å². The first-order chi connectivity index (χ1) is 9.04. The fraction of sp³-hybridized carbons (Fsp3) is 0.429. The first-order valence-electron chi connectivity index (χ1n) is 6.39. The van der Waals surface area contributed by atoms with Gasteiger partial charge in [0.1, 0.15) is 6.04 Å². The molecule has 0 amide bonds. The molecule has 19 heavy (non-hydrogen) atoms. The number of para-hydroxylation sites is 2. The summed E-state index contributed by atoms with van der Waals surface area (Å²) >= 11 is 0. The molecule has 0 radical (unpaired) electrons. The van der Waals surface area contributed by atoms with E-state index in [-0.39, 0.29) is 12.1 Å². The first kappa shape index (κ1) is 13.4. The summed E-state index contributed by atoms with van der Waals surface area (Å²) in [7, 11) is 1.79. The summed E-state index contributed by atoms with van der Waals surface area (Å²) in [5, 5.41) is 3.02. The Morgan fingerprint density at radius 2 is 2.00 bits per heavy atom. The first-order valence-corrected chi connectivity index (χ1v) is 6.39. The topological polar surface area (TPSA) is 56.2 Å². The average Bonchev–Trinajstić information content (AvgIpc) is 2.75. The number of aromatic nitrogens is 2. The molecule has 1 aromatic heterocycles. The molecule has 0 aliphatic heterocycles. The lowest BCUT2D eigenvalue weighted by molar-refractivity contribution is -0.150. The maximum atomic E-state index is 12.1.